The van der Waals surface area contributed by atoms with Gasteiger partial charge in [-0.05, 0) is 41.5 Å². The maximum absolute atomic E-state index is 12.2. The van der Waals surface area contributed by atoms with Gasteiger partial charge >= 0.3 is 12.1 Å². The van der Waals surface area contributed by atoms with E-state index in [2.05, 4.69) is 23.2 Å². The molecule has 0 aliphatic heterocycles. The van der Waals surface area contributed by atoms with Gasteiger partial charge in [0.05, 0.1) is 6.54 Å². The average molecular weight is 405 g/mol. The molecule has 6 nitrogen and oxygen atoms in total. The van der Waals surface area contributed by atoms with Gasteiger partial charge in [0.15, 0.2) is 0 Å². The predicted molar refractivity (Wildman–Crippen MR) is 101 cm³/mol. The lowest BCUT2D eigenvalue weighted by Gasteiger charge is -2.17. The number of amides is 1. The number of quaternary nitrogens is 1. The SMILES string of the molecule is [Cl-].[NH3+]CCCC[C@H](NC(=O)OCC1c2ccccc2-c2ccccc21)C(=O)O. The van der Waals surface area contributed by atoms with Gasteiger partial charge in [0.2, 0.25) is 0 Å². The van der Waals surface area contributed by atoms with E-state index >= 15 is 0 Å². The van der Waals surface area contributed by atoms with E-state index in [0.717, 1.165) is 35.2 Å². The quantitative estimate of drug-likeness (QED) is 0.511. The first kappa shape index (κ1) is 21.7. The summed E-state index contributed by atoms with van der Waals surface area (Å²) in [4.78, 5) is 23.5. The van der Waals surface area contributed by atoms with Crippen molar-refractivity contribution in [1.82, 2.24) is 5.32 Å². The van der Waals surface area contributed by atoms with E-state index < -0.39 is 18.1 Å². The Kier molecular flexibility index (Phi) is 7.84. The summed E-state index contributed by atoms with van der Waals surface area (Å²) in [6, 6.07) is 15.2. The molecule has 7 heteroatoms. The number of hydrogen-bond donors (Lipinski definition) is 3. The highest BCUT2D eigenvalue weighted by molar-refractivity contribution is 5.81. The van der Waals surface area contributed by atoms with Crippen LogP contribution in [0.15, 0.2) is 48.5 Å². The van der Waals surface area contributed by atoms with Crippen LogP contribution < -0.4 is 23.5 Å². The summed E-state index contributed by atoms with van der Waals surface area (Å²) in [6.07, 6.45) is 1.20. The summed E-state index contributed by atoms with van der Waals surface area (Å²) in [5.41, 5.74) is 8.29. The molecule has 2 aromatic rings. The highest BCUT2D eigenvalue weighted by atomic mass is 35.5. The van der Waals surface area contributed by atoms with E-state index in [9.17, 15) is 14.7 Å². The van der Waals surface area contributed by atoms with Crippen LogP contribution in [0.2, 0.25) is 0 Å². The second-order valence-corrected chi connectivity index (χ2v) is 6.71. The van der Waals surface area contributed by atoms with E-state index in [4.69, 9.17) is 4.74 Å². The number of carbonyl (C=O) groups is 2. The molecular weight excluding hydrogens is 380 g/mol. The second kappa shape index (κ2) is 10.1. The molecule has 28 heavy (non-hydrogen) atoms. The number of hydrogen-bond acceptors (Lipinski definition) is 3. The number of ether oxygens (including phenoxy) is 1. The van der Waals surface area contributed by atoms with Crippen molar-refractivity contribution in [3.63, 3.8) is 0 Å². The lowest BCUT2D eigenvalue weighted by Crippen LogP contribution is -3.00. The molecule has 3 rings (SSSR count). The van der Waals surface area contributed by atoms with E-state index in [1.165, 1.54) is 0 Å². The molecule has 1 aliphatic rings. The van der Waals surface area contributed by atoms with E-state index in [1.807, 2.05) is 36.4 Å². The fourth-order valence-corrected chi connectivity index (χ4v) is 3.56. The molecule has 0 radical (unpaired) electrons. The van der Waals surface area contributed by atoms with Crippen molar-refractivity contribution >= 4 is 12.1 Å². The van der Waals surface area contributed by atoms with Crippen molar-refractivity contribution in [2.24, 2.45) is 0 Å². The van der Waals surface area contributed by atoms with Crippen LogP contribution in [0.3, 0.4) is 0 Å². The Morgan fingerprint density at radius 1 is 1.04 bits per heavy atom. The van der Waals surface area contributed by atoms with Gasteiger partial charge < -0.3 is 33.3 Å². The summed E-state index contributed by atoms with van der Waals surface area (Å²) >= 11 is 0. The van der Waals surface area contributed by atoms with Crippen LogP contribution in [-0.2, 0) is 9.53 Å². The normalized spacial score (nSPS) is 13.0. The number of carboxylic acids is 1. The van der Waals surface area contributed by atoms with Crippen molar-refractivity contribution in [2.45, 2.75) is 31.2 Å². The van der Waals surface area contributed by atoms with Crippen molar-refractivity contribution < 1.29 is 37.6 Å². The van der Waals surface area contributed by atoms with Gasteiger partial charge in [-0.1, -0.05) is 48.5 Å². The van der Waals surface area contributed by atoms with Gasteiger partial charge in [0.1, 0.15) is 12.6 Å². The Morgan fingerprint density at radius 2 is 1.61 bits per heavy atom. The molecule has 0 unspecified atom stereocenters. The molecule has 0 spiro atoms. The summed E-state index contributed by atoms with van der Waals surface area (Å²) in [5.74, 6) is -1.09. The molecule has 0 saturated heterocycles. The minimum absolute atomic E-state index is 0. The molecule has 0 aromatic heterocycles. The maximum atomic E-state index is 12.2. The van der Waals surface area contributed by atoms with E-state index in [0.29, 0.717) is 12.8 Å². The third-order valence-electron chi connectivity index (χ3n) is 4.93. The number of fused-ring (bicyclic) bond motifs is 3. The predicted octanol–water partition coefficient (Wildman–Crippen LogP) is -0.605. The third kappa shape index (κ3) is 4.82. The Morgan fingerprint density at radius 3 is 2.14 bits per heavy atom. The molecule has 1 aliphatic carbocycles. The second-order valence-electron chi connectivity index (χ2n) is 6.71. The molecule has 1 atom stereocenters. The molecule has 0 fully saturated rings. The van der Waals surface area contributed by atoms with Crippen LogP contribution in [0.1, 0.15) is 36.3 Å². The lowest BCUT2D eigenvalue weighted by molar-refractivity contribution is -0.368. The van der Waals surface area contributed by atoms with Gasteiger partial charge in [0, 0.05) is 5.92 Å². The number of carbonyl (C=O) groups excluding carboxylic acids is 1. The highest BCUT2D eigenvalue weighted by Crippen LogP contribution is 2.44. The number of alkyl carbamates (subject to hydrolysis) is 1. The smallest absolute Gasteiger partial charge is 0.407 e. The zero-order chi connectivity index (χ0) is 19.2. The largest absolute Gasteiger partial charge is 1.00 e. The minimum Gasteiger partial charge on any atom is -1.00 e. The summed E-state index contributed by atoms with van der Waals surface area (Å²) in [6.45, 7) is 0.919. The molecule has 0 saturated carbocycles. The van der Waals surface area contributed by atoms with Crippen LogP contribution in [-0.4, -0.2) is 36.4 Å². The maximum Gasteiger partial charge on any atom is 0.407 e. The zero-order valence-corrected chi connectivity index (χ0v) is 16.3. The summed E-state index contributed by atoms with van der Waals surface area (Å²) in [7, 11) is 0. The summed E-state index contributed by atoms with van der Waals surface area (Å²) in [5, 5.41) is 11.7. The van der Waals surface area contributed by atoms with Crippen LogP contribution in [0.5, 0.6) is 0 Å². The Balaban J connectivity index is 0.00000280. The summed E-state index contributed by atoms with van der Waals surface area (Å²) < 4.78 is 5.40. The number of aliphatic carboxylic acids is 1. The number of rotatable bonds is 8. The highest BCUT2D eigenvalue weighted by Gasteiger charge is 2.29. The number of carboxylic acid groups (broad SMARTS) is 1. The number of nitrogens with one attached hydrogen (secondary N) is 1. The minimum atomic E-state index is -1.05. The average Bonchev–Trinajstić information content (AvgIpc) is 2.99. The standard InChI is InChI=1S/C21H24N2O4.ClH/c22-12-6-5-11-19(20(24)25)23-21(26)27-13-18-16-9-3-1-7-14(16)15-8-2-4-10-17(15)18;/h1-4,7-10,18-19H,5-6,11-13,22H2,(H,23,26)(H,24,25);1H/t19-;/m0./s1. The molecule has 5 N–H and O–H groups in total. The molecule has 0 heterocycles. The topological polar surface area (TPSA) is 103 Å². The van der Waals surface area contributed by atoms with Gasteiger partial charge in [0.25, 0.3) is 0 Å². The lowest BCUT2D eigenvalue weighted by atomic mass is 9.98. The van der Waals surface area contributed by atoms with Crippen LogP contribution in [0.25, 0.3) is 11.1 Å². The van der Waals surface area contributed by atoms with Crippen LogP contribution in [0.4, 0.5) is 4.79 Å². The van der Waals surface area contributed by atoms with E-state index in [-0.39, 0.29) is 24.9 Å². The van der Waals surface area contributed by atoms with Crippen molar-refractivity contribution in [1.29, 1.82) is 0 Å². The monoisotopic (exact) mass is 404 g/mol. The fraction of sp³-hybridized carbons (Fsp3) is 0.333. The van der Waals surface area contributed by atoms with Gasteiger partial charge in [-0.25, -0.2) is 9.59 Å². The van der Waals surface area contributed by atoms with Crippen molar-refractivity contribution in [3.05, 3.63) is 59.7 Å². The van der Waals surface area contributed by atoms with Crippen molar-refractivity contribution in [2.75, 3.05) is 13.2 Å². The number of halogens is 1. The van der Waals surface area contributed by atoms with Crippen LogP contribution >= 0.6 is 0 Å². The molecule has 150 valence electrons. The number of benzene rings is 2. The van der Waals surface area contributed by atoms with Crippen LogP contribution in [0, 0.1) is 0 Å². The molecule has 1 amide bonds. The Hall–Kier alpha value is -2.57. The zero-order valence-electron chi connectivity index (χ0n) is 15.6. The first-order valence-corrected chi connectivity index (χ1v) is 9.25. The Labute approximate surface area is 170 Å². The van der Waals surface area contributed by atoms with Crippen molar-refractivity contribution in [3.8, 4) is 11.1 Å². The van der Waals surface area contributed by atoms with E-state index in [1.54, 1.807) is 0 Å². The fourth-order valence-electron chi connectivity index (χ4n) is 3.56. The molecular formula is C21H25ClN2O4. The number of unbranched alkanes of at least 4 members (excludes halogenated alkanes) is 1. The van der Waals surface area contributed by atoms with Gasteiger partial charge in [-0.15, -0.1) is 0 Å². The molecule has 0 bridgehead atoms. The molecule has 2 aromatic carbocycles. The first-order chi connectivity index (χ1) is 13.1. The van der Waals surface area contributed by atoms with Gasteiger partial charge in [-0.3, -0.25) is 0 Å². The van der Waals surface area contributed by atoms with Gasteiger partial charge in [-0.2, -0.15) is 0 Å². The Bertz CT molecular complexity index is 782. The first-order valence-electron chi connectivity index (χ1n) is 9.25. The third-order valence-corrected chi connectivity index (χ3v) is 4.93.